The summed E-state index contributed by atoms with van der Waals surface area (Å²) in [6, 6.07) is 20.4. The Morgan fingerprint density at radius 3 is 2.41 bits per heavy atom. The fourth-order valence-electron chi connectivity index (χ4n) is 3.06. The molecule has 0 spiro atoms. The van der Waals surface area contributed by atoms with Crippen LogP contribution in [0.4, 0.5) is 0 Å². The summed E-state index contributed by atoms with van der Waals surface area (Å²) in [4.78, 5) is 33.6. The Balaban J connectivity index is 1.91. The van der Waals surface area contributed by atoms with Crippen molar-refractivity contribution < 1.29 is 4.79 Å². The second-order valence-corrected chi connectivity index (χ2v) is 6.31. The second kappa shape index (κ2) is 6.96. The largest absolute Gasteiger partial charge is 0.295 e. The maximum absolute atomic E-state index is 13.2. The number of aromatic nitrogens is 3. The lowest BCUT2D eigenvalue weighted by molar-refractivity contribution is 0.101. The summed E-state index contributed by atoms with van der Waals surface area (Å²) in [6.07, 6.45) is 2.08. The molecule has 0 aliphatic heterocycles. The molecule has 4 rings (SSSR count). The molecular formula is C22H17N3O2. The highest BCUT2D eigenvalue weighted by Crippen LogP contribution is 2.16. The number of fused-ring (bicyclic) bond motifs is 1. The van der Waals surface area contributed by atoms with Crippen LogP contribution in [0.3, 0.4) is 0 Å². The van der Waals surface area contributed by atoms with Gasteiger partial charge < -0.3 is 0 Å². The zero-order valence-electron chi connectivity index (χ0n) is 14.8. The van der Waals surface area contributed by atoms with Gasteiger partial charge in [-0.05, 0) is 48.9 Å². The molecule has 2 aromatic heterocycles. The third-order valence-electron chi connectivity index (χ3n) is 4.43. The second-order valence-electron chi connectivity index (χ2n) is 6.31. The Morgan fingerprint density at radius 2 is 1.70 bits per heavy atom. The number of pyridine rings is 1. The van der Waals surface area contributed by atoms with Crippen molar-refractivity contribution in [3.63, 3.8) is 0 Å². The molecule has 0 aliphatic carbocycles. The van der Waals surface area contributed by atoms with Crippen molar-refractivity contribution in [2.45, 2.75) is 13.3 Å². The smallest absolute Gasteiger partial charge is 0.278 e. The van der Waals surface area contributed by atoms with Crippen LogP contribution in [0.5, 0.6) is 0 Å². The van der Waals surface area contributed by atoms with Gasteiger partial charge in [-0.3, -0.25) is 14.2 Å². The van der Waals surface area contributed by atoms with Crippen molar-refractivity contribution in [3.05, 3.63) is 100 Å². The number of carbonyl (C=O) groups excluding carboxylic acids is 1. The summed E-state index contributed by atoms with van der Waals surface area (Å²) in [5, 5.41) is 0. The van der Waals surface area contributed by atoms with E-state index < -0.39 is 0 Å². The van der Waals surface area contributed by atoms with Crippen molar-refractivity contribution in [1.82, 2.24) is 14.5 Å². The standard InChI is InChI=1S/C22H17N3O2/c1-15(26)17-9-11-18(12-10-17)25-21-19(8-5-13-23-21)24-20(22(25)27)14-16-6-3-2-4-7-16/h2-13H,14H2,1H3. The number of Topliss-reactive ketones (excluding diaryl/α,β-unsaturated/α-hetero) is 1. The van der Waals surface area contributed by atoms with Crippen LogP contribution in [-0.4, -0.2) is 20.3 Å². The molecule has 132 valence electrons. The fraction of sp³-hybridized carbons (Fsp3) is 0.0909. The molecule has 4 aromatic rings. The first-order valence-corrected chi connectivity index (χ1v) is 8.65. The van der Waals surface area contributed by atoms with Gasteiger partial charge in [-0.15, -0.1) is 0 Å². The van der Waals surface area contributed by atoms with E-state index in [4.69, 9.17) is 0 Å². The van der Waals surface area contributed by atoms with Crippen LogP contribution >= 0.6 is 0 Å². The summed E-state index contributed by atoms with van der Waals surface area (Å²) in [5.41, 5.74) is 3.67. The maximum atomic E-state index is 13.2. The lowest BCUT2D eigenvalue weighted by atomic mass is 10.1. The SMILES string of the molecule is CC(=O)c1ccc(-n2c(=O)c(Cc3ccccc3)nc3cccnc32)cc1. The molecule has 0 radical (unpaired) electrons. The van der Waals surface area contributed by atoms with E-state index in [1.165, 1.54) is 6.92 Å². The van der Waals surface area contributed by atoms with Crippen molar-refractivity contribution in [2.75, 3.05) is 0 Å². The zero-order valence-corrected chi connectivity index (χ0v) is 14.8. The molecule has 0 amide bonds. The normalized spacial score (nSPS) is 10.9. The first-order chi connectivity index (χ1) is 13.1. The minimum Gasteiger partial charge on any atom is -0.295 e. The average molecular weight is 355 g/mol. The first-order valence-electron chi connectivity index (χ1n) is 8.65. The Kier molecular flexibility index (Phi) is 4.34. The highest BCUT2D eigenvalue weighted by atomic mass is 16.1. The lowest BCUT2D eigenvalue weighted by Crippen LogP contribution is -2.25. The summed E-state index contributed by atoms with van der Waals surface area (Å²) in [7, 11) is 0. The summed E-state index contributed by atoms with van der Waals surface area (Å²) in [6.45, 7) is 1.52. The Hall–Kier alpha value is -3.60. The van der Waals surface area contributed by atoms with E-state index in [9.17, 15) is 9.59 Å². The number of hydrogen-bond donors (Lipinski definition) is 0. The number of hydrogen-bond acceptors (Lipinski definition) is 4. The molecule has 0 atom stereocenters. The van der Waals surface area contributed by atoms with E-state index in [1.807, 2.05) is 36.4 Å². The van der Waals surface area contributed by atoms with Gasteiger partial charge >= 0.3 is 0 Å². The van der Waals surface area contributed by atoms with Crippen molar-refractivity contribution in [1.29, 1.82) is 0 Å². The van der Waals surface area contributed by atoms with Gasteiger partial charge in [-0.25, -0.2) is 9.97 Å². The quantitative estimate of drug-likeness (QED) is 0.525. The van der Waals surface area contributed by atoms with E-state index in [0.717, 1.165) is 5.56 Å². The Labute approximate surface area is 156 Å². The topological polar surface area (TPSA) is 64.8 Å². The molecule has 5 heteroatoms. The van der Waals surface area contributed by atoms with Crippen LogP contribution in [-0.2, 0) is 6.42 Å². The van der Waals surface area contributed by atoms with Crippen LogP contribution in [0.15, 0.2) is 77.7 Å². The predicted octanol–water partition coefficient (Wildman–Crippen LogP) is 3.57. The minimum absolute atomic E-state index is 0.0172. The Bertz CT molecular complexity index is 1180. The molecule has 5 nitrogen and oxygen atoms in total. The molecule has 2 heterocycles. The molecule has 0 aliphatic rings. The van der Waals surface area contributed by atoms with Crippen molar-refractivity contribution in [2.24, 2.45) is 0 Å². The summed E-state index contributed by atoms with van der Waals surface area (Å²) in [5.74, 6) is -0.0172. The van der Waals surface area contributed by atoms with Crippen molar-refractivity contribution >= 4 is 16.9 Å². The summed E-state index contributed by atoms with van der Waals surface area (Å²) < 4.78 is 1.56. The summed E-state index contributed by atoms with van der Waals surface area (Å²) >= 11 is 0. The molecule has 27 heavy (non-hydrogen) atoms. The van der Waals surface area contributed by atoms with Gasteiger partial charge in [0.25, 0.3) is 5.56 Å². The first kappa shape index (κ1) is 16.8. The molecule has 0 saturated heterocycles. The molecule has 0 bridgehead atoms. The van der Waals surface area contributed by atoms with Crippen LogP contribution < -0.4 is 5.56 Å². The number of rotatable bonds is 4. The van der Waals surface area contributed by atoms with Crippen LogP contribution in [0, 0.1) is 0 Å². The minimum atomic E-state index is -0.208. The third-order valence-corrected chi connectivity index (χ3v) is 4.43. The monoisotopic (exact) mass is 355 g/mol. The van der Waals surface area contributed by atoms with Gasteiger partial charge in [0.15, 0.2) is 11.4 Å². The van der Waals surface area contributed by atoms with E-state index in [-0.39, 0.29) is 11.3 Å². The predicted molar refractivity (Wildman–Crippen MR) is 104 cm³/mol. The van der Waals surface area contributed by atoms with Gasteiger partial charge in [-0.2, -0.15) is 0 Å². The van der Waals surface area contributed by atoms with Gasteiger partial charge in [-0.1, -0.05) is 30.3 Å². The molecule has 0 N–H and O–H groups in total. The van der Waals surface area contributed by atoms with Crippen LogP contribution in [0.1, 0.15) is 28.5 Å². The highest BCUT2D eigenvalue weighted by molar-refractivity contribution is 5.94. The molecular weight excluding hydrogens is 338 g/mol. The van der Waals surface area contributed by atoms with E-state index in [0.29, 0.717) is 34.5 Å². The van der Waals surface area contributed by atoms with Crippen LogP contribution in [0.25, 0.3) is 16.9 Å². The van der Waals surface area contributed by atoms with Gasteiger partial charge in [0.05, 0.1) is 5.69 Å². The Morgan fingerprint density at radius 1 is 0.963 bits per heavy atom. The average Bonchev–Trinajstić information content (AvgIpc) is 2.69. The number of nitrogens with zero attached hydrogens (tertiary/aromatic N) is 3. The van der Waals surface area contributed by atoms with Gasteiger partial charge in [0, 0.05) is 18.2 Å². The van der Waals surface area contributed by atoms with Gasteiger partial charge in [0.1, 0.15) is 11.2 Å². The van der Waals surface area contributed by atoms with Gasteiger partial charge in [0.2, 0.25) is 0 Å². The maximum Gasteiger partial charge on any atom is 0.278 e. The molecule has 0 saturated carbocycles. The van der Waals surface area contributed by atoms with E-state index in [2.05, 4.69) is 9.97 Å². The molecule has 0 fully saturated rings. The molecule has 0 unspecified atom stereocenters. The van der Waals surface area contributed by atoms with Crippen molar-refractivity contribution in [3.8, 4) is 5.69 Å². The lowest BCUT2D eigenvalue weighted by Gasteiger charge is -2.12. The van der Waals surface area contributed by atoms with E-state index >= 15 is 0 Å². The van der Waals surface area contributed by atoms with E-state index in [1.54, 1.807) is 41.1 Å². The highest BCUT2D eigenvalue weighted by Gasteiger charge is 2.14. The number of ketones is 1. The third kappa shape index (κ3) is 3.27. The molecule has 2 aromatic carbocycles. The fourth-order valence-corrected chi connectivity index (χ4v) is 3.06. The van der Waals surface area contributed by atoms with Crippen LogP contribution in [0.2, 0.25) is 0 Å². The zero-order chi connectivity index (χ0) is 18.8. The number of carbonyl (C=O) groups is 1. The number of benzene rings is 2.